The van der Waals surface area contributed by atoms with E-state index in [9.17, 15) is 24.4 Å². The van der Waals surface area contributed by atoms with E-state index in [0.717, 1.165) is 9.80 Å². The molecule has 4 rings (SSSR count). The fourth-order valence-corrected chi connectivity index (χ4v) is 4.38. The van der Waals surface area contributed by atoms with Crippen molar-refractivity contribution in [2.75, 3.05) is 9.80 Å². The van der Waals surface area contributed by atoms with Crippen LogP contribution in [0.5, 0.6) is 0 Å². The van der Waals surface area contributed by atoms with Crippen molar-refractivity contribution in [3.63, 3.8) is 0 Å². The number of hydrogen-bond acceptors (Lipinski definition) is 6. The SMILES string of the molecule is Cc1c(Cl)cccc1N1C(=O)CC(N(O)C2CC(=O)N(c3cccc(Cl)c3C)C2=O)C1=O. The van der Waals surface area contributed by atoms with Gasteiger partial charge in [-0.3, -0.25) is 19.2 Å². The second kappa shape index (κ2) is 8.29. The first-order chi connectivity index (χ1) is 15.1. The number of hydrogen-bond donors (Lipinski definition) is 1. The lowest BCUT2D eigenvalue weighted by Gasteiger charge is -2.26. The highest BCUT2D eigenvalue weighted by atomic mass is 35.5. The number of rotatable bonds is 4. The van der Waals surface area contributed by atoms with Gasteiger partial charge in [-0.05, 0) is 49.2 Å². The predicted octanol–water partition coefficient (Wildman–Crippen LogP) is 3.27. The fourth-order valence-electron chi connectivity index (χ4n) is 4.05. The van der Waals surface area contributed by atoms with Gasteiger partial charge in [-0.2, -0.15) is 5.06 Å². The Labute approximate surface area is 193 Å². The standard InChI is InChI=1S/C22H19Cl2N3O5/c1-11-13(23)5-3-7-15(11)25-19(28)9-17(21(25)30)27(32)18-10-20(29)26(22(18)31)16-8-4-6-14(24)12(16)2/h3-8,17-18,32H,9-10H2,1-2H3. The van der Waals surface area contributed by atoms with Gasteiger partial charge in [0.05, 0.1) is 24.2 Å². The summed E-state index contributed by atoms with van der Waals surface area (Å²) in [7, 11) is 0. The summed E-state index contributed by atoms with van der Waals surface area (Å²) in [6, 6.07) is 7.04. The van der Waals surface area contributed by atoms with Crippen molar-refractivity contribution in [3.05, 3.63) is 57.6 Å². The molecule has 2 heterocycles. The average Bonchev–Trinajstić information content (AvgIpc) is 3.21. The van der Waals surface area contributed by atoms with Crippen molar-refractivity contribution in [2.45, 2.75) is 38.8 Å². The smallest absolute Gasteiger partial charge is 0.254 e. The third-order valence-corrected chi connectivity index (χ3v) is 6.66. The van der Waals surface area contributed by atoms with Gasteiger partial charge in [-0.25, -0.2) is 9.80 Å². The lowest BCUT2D eigenvalue weighted by molar-refractivity contribution is -0.172. The van der Waals surface area contributed by atoms with E-state index in [1.807, 2.05) is 0 Å². The van der Waals surface area contributed by atoms with Crippen LogP contribution in [-0.4, -0.2) is 46.0 Å². The van der Waals surface area contributed by atoms with Gasteiger partial charge < -0.3 is 5.21 Å². The number of imide groups is 2. The monoisotopic (exact) mass is 475 g/mol. The van der Waals surface area contributed by atoms with E-state index in [-0.39, 0.29) is 12.8 Å². The highest BCUT2D eigenvalue weighted by Gasteiger charge is 2.51. The zero-order chi connectivity index (χ0) is 23.3. The molecule has 2 aliphatic heterocycles. The lowest BCUT2D eigenvalue weighted by Crippen LogP contribution is -2.49. The van der Waals surface area contributed by atoms with Crippen LogP contribution in [0.2, 0.25) is 10.0 Å². The van der Waals surface area contributed by atoms with Gasteiger partial charge in [0.25, 0.3) is 11.8 Å². The molecule has 10 heteroatoms. The summed E-state index contributed by atoms with van der Waals surface area (Å²) in [5.41, 5.74) is 1.70. The first kappa shape index (κ1) is 22.4. The van der Waals surface area contributed by atoms with Gasteiger partial charge in [0.1, 0.15) is 12.1 Å². The van der Waals surface area contributed by atoms with Crippen molar-refractivity contribution in [1.82, 2.24) is 5.06 Å². The minimum Gasteiger partial charge on any atom is -0.312 e. The first-order valence-corrected chi connectivity index (χ1v) is 10.6. The lowest BCUT2D eigenvalue weighted by atomic mass is 10.1. The molecule has 2 fully saturated rings. The summed E-state index contributed by atoms with van der Waals surface area (Å²) in [5.74, 6) is -2.46. The van der Waals surface area contributed by atoms with Crippen molar-refractivity contribution in [2.24, 2.45) is 0 Å². The third-order valence-electron chi connectivity index (χ3n) is 5.84. The normalized spacial score (nSPS) is 21.4. The van der Waals surface area contributed by atoms with Gasteiger partial charge in [-0.15, -0.1) is 0 Å². The minimum absolute atomic E-state index is 0.313. The Balaban J connectivity index is 1.60. The van der Waals surface area contributed by atoms with Crippen LogP contribution < -0.4 is 9.80 Å². The molecule has 0 bridgehead atoms. The Morgan fingerprint density at radius 2 is 1.16 bits per heavy atom. The molecule has 0 aliphatic carbocycles. The molecule has 32 heavy (non-hydrogen) atoms. The van der Waals surface area contributed by atoms with Gasteiger partial charge in [-0.1, -0.05) is 35.3 Å². The van der Waals surface area contributed by atoms with Crippen molar-refractivity contribution in [3.8, 4) is 0 Å². The topological polar surface area (TPSA) is 98.2 Å². The molecule has 2 aromatic carbocycles. The number of hydroxylamine groups is 2. The molecule has 2 atom stereocenters. The van der Waals surface area contributed by atoms with E-state index in [1.54, 1.807) is 50.2 Å². The molecule has 166 valence electrons. The zero-order valence-corrected chi connectivity index (χ0v) is 18.7. The number of carbonyl (C=O) groups excluding carboxylic acids is 4. The molecule has 0 saturated carbocycles. The quantitative estimate of drug-likeness (QED) is 0.538. The average molecular weight is 476 g/mol. The summed E-state index contributed by atoms with van der Waals surface area (Å²) in [5, 5.41) is 12.1. The fraction of sp³-hybridized carbons (Fsp3) is 0.273. The molecule has 4 amide bonds. The molecule has 2 aliphatic rings. The molecule has 2 saturated heterocycles. The molecular weight excluding hydrogens is 457 g/mol. The third kappa shape index (κ3) is 3.49. The Morgan fingerprint density at radius 1 is 0.781 bits per heavy atom. The molecule has 2 unspecified atom stereocenters. The van der Waals surface area contributed by atoms with Crippen LogP contribution in [0.4, 0.5) is 11.4 Å². The maximum Gasteiger partial charge on any atom is 0.254 e. The maximum absolute atomic E-state index is 13.0. The Morgan fingerprint density at radius 3 is 1.53 bits per heavy atom. The van der Waals surface area contributed by atoms with Crippen LogP contribution in [0.25, 0.3) is 0 Å². The van der Waals surface area contributed by atoms with Crippen LogP contribution >= 0.6 is 23.2 Å². The van der Waals surface area contributed by atoms with E-state index < -0.39 is 35.7 Å². The van der Waals surface area contributed by atoms with Crippen molar-refractivity contribution in [1.29, 1.82) is 0 Å². The van der Waals surface area contributed by atoms with Crippen LogP contribution in [0.15, 0.2) is 36.4 Å². The minimum atomic E-state index is -1.30. The molecule has 2 aromatic rings. The maximum atomic E-state index is 13.0. The molecular formula is C22H19Cl2N3O5. The molecule has 0 spiro atoms. The van der Waals surface area contributed by atoms with E-state index in [0.29, 0.717) is 37.6 Å². The number of carbonyl (C=O) groups is 4. The zero-order valence-electron chi connectivity index (χ0n) is 17.2. The van der Waals surface area contributed by atoms with Crippen LogP contribution in [0, 0.1) is 13.8 Å². The first-order valence-electron chi connectivity index (χ1n) is 9.84. The van der Waals surface area contributed by atoms with Gasteiger partial charge in [0, 0.05) is 10.0 Å². The summed E-state index contributed by atoms with van der Waals surface area (Å²) >= 11 is 12.2. The molecule has 0 aromatic heterocycles. The van der Waals surface area contributed by atoms with E-state index in [1.165, 1.54) is 0 Å². The number of nitrogens with zero attached hydrogens (tertiary/aromatic N) is 3. The summed E-state index contributed by atoms with van der Waals surface area (Å²) < 4.78 is 0. The van der Waals surface area contributed by atoms with Crippen molar-refractivity contribution < 1.29 is 24.4 Å². The van der Waals surface area contributed by atoms with Crippen LogP contribution in [0.1, 0.15) is 24.0 Å². The Kier molecular flexibility index (Phi) is 5.81. The van der Waals surface area contributed by atoms with Crippen LogP contribution in [0.3, 0.4) is 0 Å². The summed E-state index contributed by atoms with van der Waals surface area (Å²) in [6.45, 7) is 3.35. The van der Waals surface area contributed by atoms with Crippen LogP contribution in [-0.2, 0) is 19.2 Å². The van der Waals surface area contributed by atoms with Crippen molar-refractivity contribution >= 4 is 58.2 Å². The second-order valence-electron chi connectivity index (χ2n) is 7.72. The Hall–Kier alpha value is -2.78. The van der Waals surface area contributed by atoms with E-state index in [2.05, 4.69) is 0 Å². The molecule has 1 N–H and O–H groups in total. The molecule has 0 radical (unpaired) electrons. The highest BCUT2D eigenvalue weighted by Crippen LogP contribution is 2.35. The number of anilines is 2. The van der Waals surface area contributed by atoms with Gasteiger partial charge in [0.15, 0.2) is 0 Å². The number of amides is 4. The van der Waals surface area contributed by atoms with E-state index in [4.69, 9.17) is 23.2 Å². The second-order valence-corrected chi connectivity index (χ2v) is 8.54. The highest BCUT2D eigenvalue weighted by molar-refractivity contribution is 6.33. The number of benzene rings is 2. The summed E-state index contributed by atoms with van der Waals surface area (Å²) in [6.07, 6.45) is -0.676. The Bertz CT molecular complexity index is 1080. The molecule has 8 nitrogen and oxygen atoms in total. The van der Waals surface area contributed by atoms with Gasteiger partial charge in [0.2, 0.25) is 11.8 Å². The predicted molar refractivity (Wildman–Crippen MR) is 118 cm³/mol. The number of halogens is 2. The van der Waals surface area contributed by atoms with E-state index >= 15 is 0 Å². The summed E-state index contributed by atoms with van der Waals surface area (Å²) in [4.78, 5) is 53.3. The van der Waals surface area contributed by atoms with Gasteiger partial charge >= 0.3 is 0 Å². The largest absolute Gasteiger partial charge is 0.312 e.